The first-order valence-electron chi connectivity index (χ1n) is 3.65. The van der Waals surface area contributed by atoms with E-state index in [4.69, 9.17) is 4.74 Å². The van der Waals surface area contributed by atoms with E-state index >= 15 is 0 Å². The van der Waals surface area contributed by atoms with Crippen LogP contribution in [0.25, 0.3) is 0 Å². The smallest absolute Gasteiger partial charge is 0.407 e. The van der Waals surface area contributed by atoms with Gasteiger partial charge in [-0.25, -0.2) is 4.79 Å². The van der Waals surface area contributed by atoms with Crippen LogP contribution in [0.4, 0.5) is 4.79 Å². The van der Waals surface area contributed by atoms with Crippen molar-refractivity contribution in [2.45, 2.75) is 31.9 Å². The predicted octanol–water partition coefficient (Wildman–Crippen LogP) is 0.462. The SMILES string of the molecule is CC(C=O)NC(=O)OC1CC1. The van der Waals surface area contributed by atoms with Gasteiger partial charge in [0, 0.05) is 0 Å². The Bertz CT molecular complexity index is 165. The van der Waals surface area contributed by atoms with Crippen molar-refractivity contribution in [3.63, 3.8) is 0 Å². The first-order chi connectivity index (χ1) is 5.22. The molecule has 0 spiro atoms. The summed E-state index contributed by atoms with van der Waals surface area (Å²) in [7, 11) is 0. The number of carbonyl (C=O) groups is 2. The Kier molecular flexibility index (Phi) is 2.46. The molecule has 1 saturated carbocycles. The van der Waals surface area contributed by atoms with Crippen LogP contribution in [-0.4, -0.2) is 24.5 Å². The molecule has 4 nitrogen and oxygen atoms in total. The Labute approximate surface area is 64.9 Å². The highest BCUT2D eigenvalue weighted by atomic mass is 16.6. The predicted molar refractivity (Wildman–Crippen MR) is 38.2 cm³/mol. The van der Waals surface area contributed by atoms with Gasteiger partial charge in [0.15, 0.2) is 0 Å². The van der Waals surface area contributed by atoms with E-state index in [0.717, 1.165) is 12.8 Å². The van der Waals surface area contributed by atoms with Gasteiger partial charge in [0.1, 0.15) is 12.4 Å². The zero-order valence-electron chi connectivity index (χ0n) is 6.37. The molecule has 1 aliphatic rings. The average Bonchev–Trinajstić information content (AvgIpc) is 2.71. The minimum absolute atomic E-state index is 0.0915. The average molecular weight is 157 g/mol. The summed E-state index contributed by atoms with van der Waals surface area (Å²) >= 11 is 0. The van der Waals surface area contributed by atoms with Crippen LogP contribution in [0.2, 0.25) is 0 Å². The lowest BCUT2D eigenvalue weighted by Crippen LogP contribution is -2.34. The Morgan fingerprint density at radius 3 is 2.82 bits per heavy atom. The fourth-order valence-electron chi connectivity index (χ4n) is 0.591. The summed E-state index contributed by atoms with van der Waals surface area (Å²) in [5.74, 6) is 0. The minimum atomic E-state index is -0.493. The van der Waals surface area contributed by atoms with E-state index in [2.05, 4.69) is 5.32 Å². The molecule has 62 valence electrons. The fraction of sp³-hybridized carbons (Fsp3) is 0.714. The van der Waals surface area contributed by atoms with Crippen molar-refractivity contribution >= 4 is 12.4 Å². The van der Waals surface area contributed by atoms with E-state index in [1.807, 2.05) is 0 Å². The first kappa shape index (κ1) is 8.04. The van der Waals surface area contributed by atoms with Crippen LogP contribution in [0.5, 0.6) is 0 Å². The minimum Gasteiger partial charge on any atom is -0.446 e. The molecule has 0 heterocycles. The van der Waals surface area contributed by atoms with E-state index in [9.17, 15) is 9.59 Å². The van der Waals surface area contributed by atoms with Crippen molar-refractivity contribution in [2.24, 2.45) is 0 Å². The number of nitrogens with one attached hydrogen (secondary N) is 1. The number of rotatable bonds is 3. The molecule has 0 radical (unpaired) electrons. The molecule has 0 aliphatic heterocycles. The second-order valence-electron chi connectivity index (χ2n) is 2.67. The summed E-state index contributed by atoms with van der Waals surface area (Å²) in [4.78, 5) is 20.8. The largest absolute Gasteiger partial charge is 0.446 e. The number of aldehydes is 1. The van der Waals surface area contributed by atoms with Gasteiger partial charge in [0.25, 0.3) is 0 Å². The molecule has 1 N–H and O–H groups in total. The van der Waals surface area contributed by atoms with Crippen LogP contribution in [0.1, 0.15) is 19.8 Å². The molecule has 1 amide bonds. The number of carbonyl (C=O) groups excluding carboxylic acids is 2. The van der Waals surface area contributed by atoms with Crippen LogP contribution in [-0.2, 0) is 9.53 Å². The van der Waals surface area contributed by atoms with Crippen molar-refractivity contribution in [1.29, 1.82) is 0 Å². The number of hydrogen-bond acceptors (Lipinski definition) is 3. The monoisotopic (exact) mass is 157 g/mol. The van der Waals surface area contributed by atoms with E-state index < -0.39 is 12.1 Å². The summed E-state index contributed by atoms with van der Waals surface area (Å²) in [5.41, 5.74) is 0. The molecular weight excluding hydrogens is 146 g/mol. The first-order valence-corrected chi connectivity index (χ1v) is 3.65. The highest BCUT2D eigenvalue weighted by Gasteiger charge is 2.26. The maximum atomic E-state index is 10.8. The van der Waals surface area contributed by atoms with Gasteiger partial charge in [-0.1, -0.05) is 0 Å². The van der Waals surface area contributed by atoms with Gasteiger partial charge in [0.2, 0.25) is 0 Å². The van der Waals surface area contributed by atoms with Gasteiger partial charge in [0.05, 0.1) is 6.04 Å². The topological polar surface area (TPSA) is 55.4 Å². The Morgan fingerprint density at radius 2 is 2.36 bits per heavy atom. The summed E-state index contributed by atoms with van der Waals surface area (Å²) in [6, 6.07) is -0.457. The van der Waals surface area contributed by atoms with Gasteiger partial charge >= 0.3 is 6.09 Å². The van der Waals surface area contributed by atoms with Crippen molar-refractivity contribution < 1.29 is 14.3 Å². The van der Waals surface area contributed by atoms with Crippen LogP contribution in [0.3, 0.4) is 0 Å². The van der Waals surface area contributed by atoms with E-state index in [0.29, 0.717) is 6.29 Å². The zero-order valence-corrected chi connectivity index (χ0v) is 6.37. The molecule has 1 fully saturated rings. The van der Waals surface area contributed by atoms with Gasteiger partial charge in [-0.05, 0) is 19.8 Å². The van der Waals surface area contributed by atoms with E-state index in [-0.39, 0.29) is 6.10 Å². The second kappa shape index (κ2) is 3.37. The zero-order chi connectivity index (χ0) is 8.27. The number of ether oxygens (including phenoxy) is 1. The molecule has 0 saturated heterocycles. The van der Waals surface area contributed by atoms with Crippen molar-refractivity contribution in [2.75, 3.05) is 0 Å². The molecule has 0 aromatic carbocycles. The Hall–Kier alpha value is -1.06. The normalized spacial score (nSPS) is 18.6. The molecule has 4 heteroatoms. The second-order valence-corrected chi connectivity index (χ2v) is 2.67. The number of hydrogen-bond donors (Lipinski definition) is 1. The molecule has 1 aliphatic carbocycles. The van der Waals surface area contributed by atoms with Gasteiger partial charge in [-0.15, -0.1) is 0 Å². The standard InChI is InChI=1S/C7H11NO3/c1-5(4-9)8-7(10)11-6-2-3-6/h4-6H,2-3H2,1H3,(H,8,10). The highest BCUT2D eigenvalue weighted by molar-refractivity contribution is 5.72. The third kappa shape index (κ3) is 3.02. The number of amides is 1. The molecule has 0 bridgehead atoms. The third-order valence-corrected chi connectivity index (χ3v) is 1.35. The highest BCUT2D eigenvalue weighted by Crippen LogP contribution is 2.23. The lowest BCUT2D eigenvalue weighted by Gasteiger charge is -2.06. The molecule has 0 aromatic rings. The summed E-state index contributed by atoms with van der Waals surface area (Å²) in [6.45, 7) is 1.60. The van der Waals surface area contributed by atoms with Gasteiger partial charge in [-0.3, -0.25) is 0 Å². The van der Waals surface area contributed by atoms with Crippen molar-refractivity contribution in [3.05, 3.63) is 0 Å². The lowest BCUT2D eigenvalue weighted by molar-refractivity contribution is -0.109. The lowest BCUT2D eigenvalue weighted by atomic mass is 10.4. The molecule has 1 rings (SSSR count). The molecular formula is C7H11NO3. The summed E-state index contributed by atoms with van der Waals surface area (Å²) in [5, 5.41) is 2.37. The van der Waals surface area contributed by atoms with Gasteiger partial charge < -0.3 is 14.8 Å². The van der Waals surface area contributed by atoms with E-state index in [1.54, 1.807) is 6.92 Å². The van der Waals surface area contributed by atoms with Crippen LogP contribution >= 0.6 is 0 Å². The van der Waals surface area contributed by atoms with Crippen LogP contribution < -0.4 is 5.32 Å². The fourth-order valence-corrected chi connectivity index (χ4v) is 0.591. The Morgan fingerprint density at radius 1 is 1.73 bits per heavy atom. The maximum Gasteiger partial charge on any atom is 0.407 e. The molecule has 1 unspecified atom stereocenters. The van der Waals surface area contributed by atoms with Crippen LogP contribution in [0, 0.1) is 0 Å². The van der Waals surface area contributed by atoms with Crippen molar-refractivity contribution in [3.8, 4) is 0 Å². The Balaban J connectivity index is 2.13. The molecule has 1 atom stereocenters. The summed E-state index contributed by atoms with van der Waals surface area (Å²) < 4.78 is 4.82. The van der Waals surface area contributed by atoms with Gasteiger partial charge in [-0.2, -0.15) is 0 Å². The molecule has 11 heavy (non-hydrogen) atoms. The quantitative estimate of drug-likeness (QED) is 0.605. The van der Waals surface area contributed by atoms with Crippen molar-refractivity contribution in [1.82, 2.24) is 5.32 Å². The summed E-state index contributed by atoms with van der Waals surface area (Å²) in [6.07, 6.45) is 2.15. The number of alkyl carbamates (subject to hydrolysis) is 1. The van der Waals surface area contributed by atoms with Crippen LogP contribution in [0.15, 0.2) is 0 Å². The third-order valence-electron chi connectivity index (χ3n) is 1.35. The maximum absolute atomic E-state index is 10.8. The molecule has 0 aromatic heterocycles. The van der Waals surface area contributed by atoms with E-state index in [1.165, 1.54) is 0 Å².